The number of likely N-dealkylation sites (N-methyl/N-ethyl adjacent to an activating group) is 1. The molecule has 4 nitrogen and oxygen atoms in total. The first kappa shape index (κ1) is 11.7. The number of benzene rings is 1. The molecular formula is C11H16N2O2. The van der Waals surface area contributed by atoms with Crippen LogP contribution in [0.3, 0.4) is 0 Å². The van der Waals surface area contributed by atoms with Gasteiger partial charge in [-0.3, -0.25) is 0 Å². The lowest BCUT2D eigenvalue weighted by Gasteiger charge is -2.10. The van der Waals surface area contributed by atoms with E-state index in [4.69, 9.17) is 4.74 Å². The molecule has 1 rings (SSSR count). The van der Waals surface area contributed by atoms with Crippen molar-refractivity contribution >= 4 is 0 Å². The van der Waals surface area contributed by atoms with Gasteiger partial charge in [-0.15, -0.1) is 0 Å². The Hall–Kier alpha value is -1.42. The van der Waals surface area contributed by atoms with Crippen molar-refractivity contribution in [3.05, 3.63) is 34.7 Å². The Morgan fingerprint density at radius 1 is 1.27 bits per heavy atom. The van der Waals surface area contributed by atoms with Crippen molar-refractivity contribution in [2.24, 2.45) is 5.18 Å². The fraction of sp³-hybridized carbons (Fsp3) is 0.455. The summed E-state index contributed by atoms with van der Waals surface area (Å²) in [4.78, 5) is 12.1. The smallest absolute Gasteiger partial charge is 0.119 e. The SMILES string of the molecule is CN(C)CCOc1ccc(CN=O)cc1. The highest BCUT2D eigenvalue weighted by atomic mass is 16.5. The van der Waals surface area contributed by atoms with Crippen LogP contribution in [0.15, 0.2) is 29.4 Å². The van der Waals surface area contributed by atoms with E-state index >= 15 is 0 Å². The molecular weight excluding hydrogens is 192 g/mol. The fourth-order valence-electron chi connectivity index (χ4n) is 1.11. The summed E-state index contributed by atoms with van der Waals surface area (Å²) in [5.41, 5.74) is 0.907. The molecule has 0 heterocycles. The fourth-order valence-corrected chi connectivity index (χ4v) is 1.11. The molecule has 0 saturated carbocycles. The Kier molecular flexibility index (Phi) is 4.77. The molecule has 0 saturated heterocycles. The largest absolute Gasteiger partial charge is 0.492 e. The van der Waals surface area contributed by atoms with E-state index in [2.05, 4.69) is 10.1 Å². The van der Waals surface area contributed by atoms with Gasteiger partial charge in [0.05, 0.1) is 0 Å². The second kappa shape index (κ2) is 6.14. The Morgan fingerprint density at radius 3 is 2.47 bits per heavy atom. The van der Waals surface area contributed by atoms with Crippen molar-refractivity contribution in [1.82, 2.24) is 4.90 Å². The van der Waals surface area contributed by atoms with Crippen LogP contribution in [0.5, 0.6) is 5.75 Å². The lowest BCUT2D eigenvalue weighted by atomic mass is 10.2. The Morgan fingerprint density at radius 2 is 1.93 bits per heavy atom. The van der Waals surface area contributed by atoms with Gasteiger partial charge in [-0.25, -0.2) is 0 Å². The summed E-state index contributed by atoms with van der Waals surface area (Å²) in [6.07, 6.45) is 0. The maximum atomic E-state index is 10.0. The summed E-state index contributed by atoms with van der Waals surface area (Å²) in [5.74, 6) is 0.825. The van der Waals surface area contributed by atoms with Gasteiger partial charge in [0, 0.05) is 6.54 Å². The van der Waals surface area contributed by atoms with Gasteiger partial charge in [0.2, 0.25) is 0 Å². The predicted octanol–water partition coefficient (Wildman–Crippen LogP) is 1.89. The molecule has 1 aromatic carbocycles. The van der Waals surface area contributed by atoms with E-state index in [1.54, 1.807) is 0 Å². The van der Waals surface area contributed by atoms with Crippen molar-refractivity contribution in [1.29, 1.82) is 0 Å². The third-order valence-corrected chi connectivity index (χ3v) is 1.98. The average molecular weight is 208 g/mol. The molecule has 0 spiro atoms. The molecule has 0 amide bonds. The number of nitroso groups, excluding NO2 is 1. The number of nitrogens with zero attached hydrogens (tertiary/aromatic N) is 2. The lowest BCUT2D eigenvalue weighted by molar-refractivity contribution is 0.261. The standard InChI is InChI=1S/C11H16N2O2/c1-13(2)7-8-15-11-5-3-10(4-6-11)9-12-14/h3-6H,7-9H2,1-2H3. The minimum atomic E-state index is 0.220. The van der Waals surface area contributed by atoms with Crippen molar-refractivity contribution < 1.29 is 4.74 Å². The molecule has 0 bridgehead atoms. The highest BCUT2D eigenvalue weighted by Gasteiger charge is 1.96. The number of hydrogen-bond acceptors (Lipinski definition) is 4. The van der Waals surface area contributed by atoms with Crippen LogP contribution >= 0.6 is 0 Å². The maximum Gasteiger partial charge on any atom is 0.119 e. The Balaban J connectivity index is 2.39. The number of ether oxygens (including phenoxy) is 1. The number of hydrogen-bond donors (Lipinski definition) is 0. The summed E-state index contributed by atoms with van der Waals surface area (Å²) in [6, 6.07) is 7.42. The molecule has 0 fully saturated rings. The van der Waals surface area contributed by atoms with Crippen molar-refractivity contribution in [2.45, 2.75) is 6.54 Å². The molecule has 0 unspecified atom stereocenters. The van der Waals surface area contributed by atoms with Crippen LogP contribution < -0.4 is 4.74 Å². The van der Waals surface area contributed by atoms with Crippen molar-refractivity contribution in [3.8, 4) is 5.75 Å². The monoisotopic (exact) mass is 208 g/mol. The van der Waals surface area contributed by atoms with Crippen molar-refractivity contribution in [2.75, 3.05) is 27.2 Å². The third kappa shape index (κ3) is 4.56. The quantitative estimate of drug-likeness (QED) is 0.670. The minimum Gasteiger partial charge on any atom is -0.492 e. The van der Waals surface area contributed by atoms with E-state index < -0.39 is 0 Å². The average Bonchev–Trinajstić information content (AvgIpc) is 2.20. The van der Waals surface area contributed by atoms with Gasteiger partial charge >= 0.3 is 0 Å². The summed E-state index contributed by atoms with van der Waals surface area (Å²) >= 11 is 0. The Labute approximate surface area is 89.8 Å². The summed E-state index contributed by atoms with van der Waals surface area (Å²) in [6.45, 7) is 1.77. The van der Waals surface area contributed by atoms with Gasteiger partial charge in [-0.1, -0.05) is 17.3 Å². The molecule has 1 aromatic rings. The minimum absolute atomic E-state index is 0.220. The third-order valence-electron chi connectivity index (χ3n) is 1.98. The van der Waals surface area contributed by atoms with Crippen LogP contribution in [-0.4, -0.2) is 32.1 Å². The molecule has 0 aliphatic carbocycles. The molecule has 0 aromatic heterocycles. The van der Waals surface area contributed by atoms with Gasteiger partial charge < -0.3 is 9.64 Å². The second-order valence-electron chi connectivity index (χ2n) is 3.58. The van der Waals surface area contributed by atoms with Crippen molar-refractivity contribution in [3.63, 3.8) is 0 Å². The molecule has 0 atom stereocenters. The second-order valence-corrected chi connectivity index (χ2v) is 3.58. The first-order chi connectivity index (χ1) is 7.22. The highest BCUT2D eigenvalue weighted by molar-refractivity contribution is 5.27. The molecule has 15 heavy (non-hydrogen) atoms. The van der Waals surface area contributed by atoms with Crippen LogP contribution in [0.1, 0.15) is 5.56 Å². The first-order valence-corrected chi connectivity index (χ1v) is 4.88. The zero-order chi connectivity index (χ0) is 11.1. The Bertz CT molecular complexity index is 296. The van der Waals surface area contributed by atoms with E-state index in [0.29, 0.717) is 6.61 Å². The van der Waals surface area contributed by atoms with E-state index in [0.717, 1.165) is 17.9 Å². The van der Waals surface area contributed by atoms with Gasteiger partial charge in [0.25, 0.3) is 0 Å². The van der Waals surface area contributed by atoms with Gasteiger partial charge in [-0.2, -0.15) is 4.91 Å². The molecule has 82 valence electrons. The van der Waals surface area contributed by atoms with Crippen LogP contribution in [-0.2, 0) is 6.54 Å². The molecule has 0 N–H and O–H groups in total. The number of rotatable bonds is 6. The summed E-state index contributed by atoms with van der Waals surface area (Å²) < 4.78 is 5.50. The van der Waals surface area contributed by atoms with Crippen LogP contribution in [0.4, 0.5) is 0 Å². The molecule has 4 heteroatoms. The normalized spacial score (nSPS) is 10.3. The predicted molar refractivity (Wildman–Crippen MR) is 60.0 cm³/mol. The van der Waals surface area contributed by atoms with E-state index in [1.165, 1.54) is 0 Å². The highest BCUT2D eigenvalue weighted by Crippen LogP contribution is 2.12. The van der Waals surface area contributed by atoms with Crippen LogP contribution in [0, 0.1) is 4.91 Å². The van der Waals surface area contributed by atoms with Gasteiger partial charge in [0.15, 0.2) is 0 Å². The van der Waals surface area contributed by atoms with Crippen LogP contribution in [0.2, 0.25) is 0 Å². The van der Waals surface area contributed by atoms with E-state index in [-0.39, 0.29) is 6.54 Å². The maximum absolute atomic E-state index is 10.0. The summed E-state index contributed by atoms with van der Waals surface area (Å²) in [5, 5.41) is 2.82. The van der Waals surface area contributed by atoms with Gasteiger partial charge in [0.1, 0.15) is 18.9 Å². The lowest BCUT2D eigenvalue weighted by Crippen LogP contribution is -2.19. The topological polar surface area (TPSA) is 41.9 Å². The molecule has 0 aliphatic rings. The van der Waals surface area contributed by atoms with E-state index in [9.17, 15) is 4.91 Å². The molecule has 0 radical (unpaired) electrons. The van der Waals surface area contributed by atoms with Crippen LogP contribution in [0.25, 0.3) is 0 Å². The van der Waals surface area contributed by atoms with E-state index in [1.807, 2.05) is 38.4 Å². The van der Waals surface area contributed by atoms with Gasteiger partial charge in [-0.05, 0) is 31.8 Å². The summed E-state index contributed by atoms with van der Waals surface area (Å²) in [7, 11) is 4.00. The first-order valence-electron chi connectivity index (χ1n) is 4.88. The zero-order valence-corrected chi connectivity index (χ0v) is 9.14. The molecule has 0 aliphatic heterocycles. The zero-order valence-electron chi connectivity index (χ0n) is 9.14.